The van der Waals surface area contributed by atoms with Gasteiger partial charge in [-0.15, -0.1) is 0 Å². The fraction of sp³-hybridized carbons (Fsp3) is 0.263. The van der Waals surface area contributed by atoms with Crippen molar-refractivity contribution in [1.82, 2.24) is 3.93 Å². The van der Waals surface area contributed by atoms with Crippen LogP contribution in [0, 0.1) is 0 Å². The van der Waals surface area contributed by atoms with Crippen molar-refractivity contribution < 1.29 is 14.3 Å². The van der Waals surface area contributed by atoms with Crippen molar-refractivity contribution in [3.05, 3.63) is 64.1 Å². The summed E-state index contributed by atoms with van der Waals surface area (Å²) < 4.78 is 7.89. The van der Waals surface area contributed by atoms with Crippen molar-refractivity contribution in [2.75, 3.05) is 0 Å². The summed E-state index contributed by atoms with van der Waals surface area (Å²) in [5.41, 5.74) is 2.46. The molecule has 6 heteroatoms. The number of rotatable bonds is 4. The van der Waals surface area contributed by atoms with Crippen molar-refractivity contribution >= 4 is 43.9 Å². The van der Waals surface area contributed by atoms with Crippen molar-refractivity contribution in [1.29, 1.82) is 0 Å². The molecule has 1 fully saturated rings. The van der Waals surface area contributed by atoms with Gasteiger partial charge in [-0.1, -0.05) is 53.2 Å². The zero-order chi connectivity index (χ0) is 18.2. The molecule has 0 bridgehead atoms. The third kappa shape index (κ3) is 5.97. The Balaban J connectivity index is 0.000000236. The second-order valence-corrected chi connectivity index (χ2v) is 7.01. The maximum Gasteiger partial charge on any atom is 0.239 e. The van der Waals surface area contributed by atoms with Crippen molar-refractivity contribution in [3.8, 4) is 5.75 Å². The van der Waals surface area contributed by atoms with Gasteiger partial charge in [0.05, 0.1) is 16.1 Å². The van der Waals surface area contributed by atoms with Crippen LogP contribution < -0.4 is 4.74 Å². The Labute approximate surface area is 164 Å². The van der Waals surface area contributed by atoms with Crippen LogP contribution >= 0.6 is 32.1 Å². The molecule has 0 saturated carbocycles. The lowest BCUT2D eigenvalue weighted by atomic mass is 10.1. The normalized spacial score (nSPS) is 13.5. The van der Waals surface area contributed by atoms with E-state index in [1.807, 2.05) is 30.3 Å². The van der Waals surface area contributed by atoms with E-state index in [9.17, 15) is 9.59 Å². The van der Waals surface area contributed by atoms with Gasteiger partial charge in [0.15, 0.2) is 0 Å². The van der Waals surface area contributed by atoms with Crippen LogP contribution in [0.15, 0.2) is 53.0 Å². The smallest absolute Gasteiger partial charge is 0.239 e. The summed E-state index contributed by atoms with van der Waals surface area (Å²) in [6.07, 6.45) is 1.71. The Morgan fingerprint density at radius 3 is 2.20 bits per heavy atom. The Morgan fingerprint density at radius 2 is 1.68 bits per heavy atom. The number of ether oxygens (including phenoxy) is 1. The van der Waals surface area contributed by atoms with Crippen LogP contribution in [-0.4, -0.2) is 15.7 Å². The largest absolute Gasteiger partial charge is 0.489 e. The second kappa shape index (κ2) is 9.73. The van der Waals surface area contributed by atoms with E-state index in [0.717, 1.165) is 20.6 Å². The first-order valence-electron chi connectivity index (χ1n) is 7.98. The van der Waals surface area contributed by atoms with Crippen LogP contribution in [0.25, 0.3) is 0 Å². The molecule has 0 atom stereocenters. The zero-order valence-corrected chi connectivity index (χ0v) is 17.0. The minimum Gasteiger partial charge on any atom is -0.489 e. The maximum absolute atomic E-state index is 10.4. The summed E-state index contributed by atoms with van der Waals surface area (Å²) in [5, 5.41) is 0. The third-order valence-electron chi connectivity index (χ3n) is 3.64. The van der Waals surface area contributed by atoms with Gasteiger partial charge in [0.25, 0.3) is 0 Å². The monoisotopic (exact) mass is 467 g/mol. The van der Waals surface area contributed by atoms with Crippen molar-refractivity contribution in [3.63, 3.8) is 0 Å². The molecule has 0 aromatic heterocycles. The highest BCUT2D eigenvalue weighted by molar-refractivity contribution is 9.10. The molecule has 0 spiro atoms. The van der Waals surface area contributed by atoms with Crippen LogP contribution in [0.4, 0.5) is 0 Å². The van der Waals surface area contributed by atoms with Crippen molar-refractivity contribution in [2.24, 2.45) is 0 Å². The van der Waals surface area contributed by atoms with Crippen LogP contribution in [-0.2, 0) is 22.6 Å². The topological polar surface area (TPSA) is 46.6 Å². The molecule has 2 aromatic rings. The number of hydrogen-bond donors (Lipinski definition) is 0. The molecule has 0 aliphatic carbocycles. The lowest BCUT2D eigenvalue weighted by molar-refractivity contribution is -0.131. The molecule has 25 heavy (non-hydrogen) atoms. The molecule has 1 aliphatic rings. The Bertz CT molecular complexity index is 719. The van der Waals surface area contributed by atoms with E-state index in [-0.39, 0.29) is 11.8 Å². The minimum absolute atomic E-state index is 0.144. The van der Waals surface area contributed by atoms with E-state index >= 15 is 0 Å². The molecule has 1 aliphatic heterocycles. The Hall–Kier alpha value is -1.66. The van der Waals surface area contributed by atoms with Gasteiger partial charge in [0, 0.05) is 17.3 Å². The first-order valence-corrected chi connectivity index (χ1v) is 9.48. The number of hydrogen-bond acceptors (Lipinski definition) is 3. The van der Waals surface area contributed by atoms with Gasteiger partial charge in [-0.2, -0.15) is 0 Å². The standard InChI is InChI=1S/C15H15BrO.C4H4BrNO2/c1-2-13-10-14(8-9-15(13)16)17-11-12-6-4-3-5-7-12;5-6-3(7)1-2-4(6)8/h3-10H,2,11H2,1H3;1-2H2. The summed E-state index contributed by atoms with van der Waals surface area (Å²) in [4.78, 5) is 20.9. The number of nitrogens with zero attached hydrogens (tertiary/aromatic N) is 1. The van der Waals surface area contributed by atoms with E-state index in [1.165, 1.54) is 11.1 Å². The van der Waals surface area contributed by atoms with Gasteiger partial charge in [-0.05, 0) is 35.7 Å². The molecule has 1 heterocycles. The molecule has 0 radical (unpaired) electrons. The zero-order valence-electron chi connectivity index (χ0n) is 13.9. The summed E-state index contributed by atoms with van der Waals surface area (Å²) in [5.74, 6) is 0.638. The minimum atomic E-state index is -0.144. The molecule has 2 aromatic carbocycles. The van der Waals surface area contributed by atoms with Crippen LogP contribution in [0.5, 0.6) is 5.75 Å². The van der Waals surface area contributed by atoms with Crippen LogP contribution in [0.3, 0.4) is 0 Å². The molecular formula is C19H19Br2NO3. The molecule has 2 amide bonds. The molecular weight excluding hydrogens is 450 g/mol. The van der Waals surface area contributed by atoms with Crippen molar-refractivity contribution in [2.45, 2.75) is 32.8 Å². The molecule has 4 nitrogen and oxygen atoms in total. The molecule has 132 valence electrons. The number of aryl methyl sites for hydroxylation is 1. The maximum atomic E-state index is 10.4. The number of carbonyl (C=O) groups is 2. The number of halogens is 2. The second-order valence-electron chi connectivity index (χ2n) is 5.45. The Kier molecular flexibility index (Phi) is 7.65. The predicted octanol–water partition coefficient (Wildman–Crippen LogP) is 5.04. The van der Waals surface area contributed by atoms with Gasteiger partial charge >= 0.3 is 0 Å². The molecule has 0 N–H and O–H groups in total. The predicted molar refractivity (Wildman–Crippen MR) is 104 cm³/mol. The first-order chi connectivity index (χ1) is 12.0. The van der Waals surface area contributed by atoms with E-state index in [2.05, 4.69) is 57.2 Å². The SMILES string of the molecule is CCc1cc(OCc2ccccc2)ccc1Br.O=C1CCC(=O)N1Br. The lowest BCUT2D eigenvalue weighted by Crippen LogP contribution is -2.16. The highest BCUT2D eigenvalue weighted by Gasteiger charge is 2.26. The molecule has 3 rings (SSSR count). The van der Waals surface area contributed by atoms with E-state index in [0.29, 0.717) is 19.4 Å². The third-order valence-corrected chi connectivity index (χ3v) is 5.20. The van der Waals surface area contributed by atoms with E-state index < -0.39 is 0 Å². The van der Waals surface area contributed by atoms with Gasteiger partial charge in [-0.3, -0.25) is 9.59 Å². The van der Waals surface area contributed by atoms with E-state index in [4.69, 9.17) is 4.74 Å². The van der Waals surface area contributed by atoms with Gasteiger partial charge in [-0.25, -0.2) is 3.93 Å². The number of benzene rings is 2. The molecule has 0 unspecified atom stereocenters. The quantitative estimate of drug-likeness (QED) is 0.466. The average molecular weight is 469 g/mol. The first kappa shape index (κ1) is 19.7. The summed E-state index contributed by atoms with van der Waals surface area (Å²) in [7, 11) is 0. The van der Waals surface area contributed by atoms with Crippen LogP contribution in [0.2, 0.25) is 0 Å². The molecule has 1 saturated heterocycles. The number of carbonyl (C=O) groups excluding carboxylic acids is 2. The van der Waals surface area contributed by atoms with Gasteiger partial charge < -0.3 is 4.74 Å². The number of imide groups is 1. The Morgan fingerprint density at radius 1 is 1.04 bits per heavy atom. The van der Waals surface area contributed by atoms with Crippen LogP contribution in [0.1, 0.15) is 30.9 Å². The van der Waals surface area contributed by atoms with Gasteiger partial charge in [0.2, 0.25) is 11.8 Å². The van der Waals surface area contributed by atoms with Gasteiger partial charge in [0.1, 0.15) is 12.4 Å². The summed E-state index contributed by atoms with van der Waals surface area (Å²) in [6.45, 7) is 2.76. The lowest BCUT2D eigenvalue weighted by Gasteiger charge is -2.08. The summed E-state index contributed by atoms with van der Waals surface area (Å²) >= 11 is 6.33. The number of amides is 2. The summed E-state index contributed by atoms with van der Waals surface area (Å²) in [6, 6.07) is 16.3. The highest BCUT2D eigenvalue weighted by atomic mass is 79.9. The fourth-order valence-corrected chi connectivity index (χ4v) is 3.08. The average Bonchev–Trinajstić information content (AvgIpc) is 2.93. The fourth-order valence-electron chi connectivity index (χ4n) is 2.20. The van der Waals surface area contributed by atoms with E-state index in [1.54, 1.807) is 0 Å². The highest BCUT2D eigenvalue weighted by Crippen LogP contribution is 2.23.